The van der Waals surface area contributed by atoms with Crippen molar-refractivity contribution >= 4 is 34.8 Å². The molecule has 0 aromatic heterocycles. The van der Waals surface area contributed by atoms with E-state index in [1.54, 1.807) is 17.1 Å². The van der Waals surface area contributed by atoms with Crippen molar-refractivity contribution in [1.29, 1.82) is 0 Å². The van der Waals surface area contributed by atoms with Gasteiger partial charge < -0.3 is 4.74 Å². The number of amides is 1. The molecular formula is C23H18Cl2N2O2. The maximum absolute atomic E-state index is 12.2. The molecule has 0 radical (unpaired) electrons. The average molecular weight is 425 g/mol. The summed E-state index contributed by atoms with van der Waals surface area (Å²) in [4.78, 5) is 12.2. The zero-order chi connectivity index (χ0) is 20.4. The van der Waals surface area contributed by atoms with Crippen molar-refractivity contribution < 1.29 is 9.53 Å². The van der Waals surface area contributed by atoms with Crippen LogP contribution in [0.2, 0.25) is 10.0 Å². The van der Waals surface area contributed by atoms with Crippen LogP contribution >= 0.6 is 23.2 Å². The van der Waals surface area contributed by atoms with E-state index < -0.39 is 0 Å². The summed E-state index contributed by atoms with van der Waals surface area (Å²) in [5.74, 6) is 1.32. The number of hydrogen-bond acceptors (Lipinski definition) is 3. The molecule has 3 aromatic rings. The number of rotatable bonds is 4. The van der Waals surface area contributed by atoms with Crippen molar-refractivity contribution in [1.82, 2.24) is 5.01 Å². The number of hydrazone groups is 1. The molecule has 4 nitrogen and oxygen atoms in total. The zero-order valence-electron chi connectivity index (χ0n) is 15.7. The molecule has 0 saturated carbocycles. The summed E-state index contributed by atoms with van der Waals surface area (Å²) in [6.45, 7) is 1.53. The number of carbonyl (C=O) groups is 1. The Bertz CT molecular complexity index is 1050. The molecule has 29 heavy (non-hydrogen) atoms. The first-order valence-electron chi connectivity index (χ1n) is 9.16. The zero-order valence-corrected chi connectivity index (χ0v) is 17.2. The van der Waals surface area contributed by atoms with Crippen LogP contribution in [0.4, 0.5) is 0 Å². The molecule has 0 fully saturated rings. The summed E-state index contributed by atoms with van der Waals surface area (Å²) >= 11 is 11.9. The van der Waals surface area contributed by atoms with Gasteiger partial charge in [-0.3, -0.25) is 4.79 Å². The summed E-state index contributed by atoms with van der Waals surface area (Å²) in [5, 5.41) is 7.43. The van der Waals surface area contributed by atoms with Gasteiger partial charge in [0.1, 0.15) is 11.5 Å². The third-order valence-corrected chi connectivity index (χ3v) is 5.23. The minimum absolute atomic E-state index is 0.0968. The van der Waals surface area contributed by atoms with Crippen LogP contribution in [0.15, 0.2) is 77.9 Å². The maximum Gasteiger partial charge on any atom is 0.240 e. The predicted molar refractivity (Wildman–Crippen MR) is 116 cm³/mol. The first-order chi connectivity index (χ1) is 14.0. The average Bonchev–Trinajstić information content (AvgIpc) is 3.17. The van der Waals surface area contributed by atoms with E-state index in [9.17, 15) is 4.79 Å². The number of nitrogens with zero attached hydrogens (tertiary/aromatic N) is 2. The third kappa shape index (κ3) is 4.44. The van der Waals surface area contributed by atoms with E-state index in [-0.39, 0.29) is 11.9 Å². The first kappa shape index (κ1) is 19.5. The van der Waals surface area contributed by atoms with Gasteiger partial charge in [-0.25, -0.2) is 5.01 Å². The van der Waals surface area contributed by atoms with E-state index in [2.05, 4.69) is 5.10 Å². The smallest absolute Gasteiger partial charge is 0.240 e. The first-order valence-corrected chi connectivity index (χ1v) is 9.92. The second kappa shape index (κ2) is 8.27. The Morgan fingerprint density at radius 2 is 1.41 bits per heavy atom. The van der Waals surface area contributed by atoms with Crippen LogP contribution in [0.5, 0.6) is 11.5 Å². The molecule has 6 heteroatoms. The van der Waals surface area contributed by atoms with Gasteiger partial charge in [0, 0.05) is 23.4 Å². The Kier molecular flexibility index (Phi) is 5.56. The van der Waals surface area contributed by atoms with Crippen LogP contribution in [0.3, 0.4) is 0 Å². The number of benzene rings is 3. The Hall–Kier alpha value is -2.82. The van der Waals surface area contributed by atoms with Crippen molar-refractivity contribution in [2.75, 3.05) is 0 Å². The molecule has 0 aliphatic carbocycles. The largest absolute Gasteiger partial charge is 0.457 e. The number of halogens is 2. The Labute approximate surface area is 179 Å². The SMILES string of the molecule is CC(=O)N1N=C(c2ccc(Cl)cc2)CC1c1ccc(Oc2ccc(Cl)cc2)cc1. The summed E-state index contributed by atoms with van der Waals surface area (Å²) in [7, 11) is 0. The number of carbonyl (C=O) groups excluding carboxylic acids is 1. The highest BCUT2D eigenvalue weighted by atomic mass is 35.5. The molecule has 0 saturated heterocycles. The monoisotopic (exact) mass is 424 g/mol. The highest BCUT2D eigenvalue weighted by molar-refractivity contribution is 6.30. The highest BCUT2D eigenvalue weighted by Gasteiger charge is 2.31. The standard InChI is InChI=1S/C23H18Cl2N2O2/c1-15(28)27-23(14-22(26-27)16-2-6-18(24)7-3-16)17-4-10-20(11-5-17)29-21-12-8-19(25)9-13-21/h2-13,23H,14H2,1H3. The van der Waals surface area contributed by atoms with Crippen LogP contribution < -0.4 is 4.74 Å². The van der Waals surface area contributed by atoms with Gasteiger partial charge in [-0.1, -0.05) is 47.5 Å². The molecule has 0 bridgehead atoms. The van der Waals surface area contributed by atoms with Gasteiger partial charge in [0.2, 0.25) is 5.91 Å². The lowest BCUT2D eigenvalue weighted by Gasteiger charge is -2.20. The topological polar surface area (TPSA) is 41.9 Å². The van der Waals surface area contributed by atoms with Gasteiger partial charge in [0.05, 0.1) is 11.8 Å². The van der Waals surface area contributed by atoms with Gasteiger partial charge in [-0.05, 0) is 59.7 Å². The fourth-order valence-corrected chi connectivity index (χ4v) is 3.53. The quantitative estimate of drug-likeness (QED) is 0.480. The molecule has 0 spiro atoms. The minimum atomic E-state index is -0.150. The number of ether oxygens (including phenoxy) is 1. The lowest BCUT2D eigenvalue weighted by atomic mass is 9.98. The van der Waals surface area contributed by atoms with Crippen LogP contribution in [-0.4, -0.2) is 16.6 Å². The van der Waals surface area contributed by atoms with Crippen LogP contribution in [0.1, 0.15) is 30.5 Å². The van der Waals surface area contributed by atoms with Gasteiger partial charge in [0.25, 0.3) is 0 Å². The fourth-order valence-electron chi connectivity index (χ4n) is 3.27. The molecule has 4 rings (SSSR count). The van der Waals surface area contributed by atoms with E-state index in [0.717, 1.165) is 16.8 Å². The normalized spacial score (nSPS) is 15.9. The summed E-state index contributed by atoms with van der Waals surface area (Å²) in [6.07, 6.45) is 0.638. The van der Waals surface area contributed by atoms with E-state index in [1.165, 1.54) is 6.92 Å². The molecule has 0 N–H and O–H groups in total. The van der Waals surface area contributed by atoms with Crippen molar-refractivity contribution in [2.45, 2.75) is 19.4 Å². The molecule has 1 atom stereocenters. The Morgan fingerprint density at radius 1 is 0.897 bits per heavy atom. The molecule has 1 amide bonds. The number of hydrogen-bond donors (Lipinski definition) is 0. The van der Waals surface area contributed by atoms with Crippen LogP contribution in [0, 0.1) is 0 Å². The summed E-state index contributed by atoms with van der Waals surface area (Å²) < 4.78 is 5.85. The predicted octanol–water partition coefficient (Wildman–Crippen LogP) is 6.48. The molecular weight excluding hydrogens is 407 g/mol. The van der Waals surface area contributed by atoms with Gasteiger partial charge in [-0.15, -0.1) is 0 Å². The van der Waals surface area contributed by atoms with E-state index in [4.69, 9.17) is 27.9 Å². The van der Waals surface area contributed by atoms with Gasteiger partial charge in [-0.2, -0.15) is 5.10 Å². The molecule has 146 valence electrons. The van der Waals surface area contributed by atoms with Crippen molar-refractivity contribution in [3.05, 3.63) is 94.0 Å². The minimum Gasteiger partial charge on any atom is -0.457 e. The highest BCUT2D eigenvalue weighted by Crippen LogP contribution is 2.34. The van der Waals surface area contributed by atoms with Crippen molar-refractivity contribution in [2.24, 2.45) is 5.10 Å². The molecule has 1 unspecified atom stereocenters. The van der Waals surface area contributed by atoms with E-state index >= 15 is 0 Å². The Morgan fingerprint density at radius 3 is 1.97 bits per heavy atom. The van der Waals surface area contributed by atoms with Crippen LogP contribution in [0.25, 0.3) is 0 Å². The van der Waals surface area contributed by atoms with E-state index in [1.807, 2.05) is 60.7 Å². The second-order valence-corrected chi connectivity index (χ2v) is 7.63. The third-order valence-electron chi connectivity index (χ3n) is 4.72. The molecule has 1 heterocycles. The summed E-state index contributed by atoms with van der Waals surface area (Å²) in [6, 6.07) is 22.3. The van der Waals surface area contributed by atoms with E-state index in [0.29, 0.717) is 28.0 Å². The maximum atomic E-state index is 12.2. The lowest BCUT2D eigenvalue weighted by Crippen LogP contribution is -2.24. The molecule has 1 aliphatic rings. The molecule has 3 aromatic carbocycles. The van der Waals surface area contributed by atoms with Crippen LogP contribution in [-0.2, 0) is 4.79 Å². The van der Waals surface area contributed by atoms with Crippen molar-refractivity contribution in [3.8, 4) is 11.5 Å². The lowest BCUT2D eigenvalue weighted by molar-refractivity contribution is -0.130. The fraction of sp³-hybridized carbons (Fsp3) is 0.130. The summed E-state index contributed by atoms with van der Waals surface area (Å²) in [5.41, 5.74) is 2.82. The Balaban J connectivity index is 1.53. The van der Waals surface area contributed by atoms with Gasteiger partial charge in [0.15, 0.2) is 0 Å². The van der Waals surface area contributed by atoms with Crippen molar-refractivity contribution in [3.63, 3.8) is 0 Å². The molecule has 1 aliphatic heterocycles. The second-order valence-electron chi connectivity index (χ2n) is 6.76. The van der Waals surface area contributed by atoms with Gasteiger partial charge >= 0.3 is 0 Å².